The highest BCUT2D eigenvalue weighted by molar-refractivity contribution is 5.85. The third-order valence-electron chi connectivity index (χ3n) is 3.61. The highest BCUT2D eigenvalue weighted by Gasteiger charge is 2.31. The number of rotatable bonds is 3. The maximum Gasteiger partial charge on any atom is 0.251 e. The van der Waals surface area contributed by atoms with E-state index in [9.17, 15) is 4.79 Å². The molecule has 17 heavy (non-hydrogen) atoms. The molecule has 0 saturated carbocycles. The Morgan fingerprint density at radius 1 is 1.35 bits per heavy atom. The number of nitrogens with two attached hydrogens (primary N) is 1. The van der Waals surface area contributed by atoms with Crippen molar-refractivity contribution in [2.45, 2.75) is 38.2 Å². The van der Waals surface area contributed by atoms with Crippen LogP contribution in [0.4, 0.5) is 0 Å². The lowest BCUT2D eigenvalue weighted by molar-refractivity contribution is -0.142. The summed E-state index contributed by atoms with van der Waals surface area (Å²) in [4.78, 5) is 14.1. The van der Waals surface area contributed by atoms with Gasteiger partial charge < -0.3 is 15.4 Å². The van der Waals surface area contributed by atoms with Crippen molar-refractivity contribution < 1.29 is 9.53 Å². The fourth-order valence-electron chi connectivity index (χ4n) is 2.71. The van der Waals surface area contributed by atoms with Crippen LogP contribution in [0.3, 0.4) is 0 Å². The topological polar surface area (TPSA) is 55.6 Å². The highest BCUT2D eigenvalue weighted by Crippen LogP contribution is 2.22. The summed E-state index contributed by atoms with van der Waals surface area (Å²) in [5, 5.41) is 0. The van der Waals surface area contributed by atoms with E-state index in [0.29, 0.717) is 5.92 Å². The average molecular weight is 263 g/mol. The van der Waals surface area contributed by atoms with E-state index in [1.165, 1.54) is 6.42 Å². The Morgan fingerprint density at radius 2 is 2.18 bits per heavy atom. The first kappa shape index (κ1) is 14.7. The Morgan fingerprint density at radius 3 is 2.82 bits per heavy atom. The molecule has 2 heterocycles. The molecule has 0 spiro atoms. The summed E-state index contributed by atoms with van der Waals surface area (Å²) in [5.74, 6) is 0.809. The van der Waals surface area contributed by atoms with Crippen LogP contribution in [0.15, 0.2) is 0 Å². The van der Waals surface area contributed by atoms with Gasteiger partial charge in [-0.1, -0.05) is 0 Å². The Bertz CT molecular complexity index is 243. The number of amides is 1. The number of nitrogens with zero attached hydrogens (tertiary/aromatic N) is 1. The number of likely N-dealkylation sites (tertiary alicyclic amines) is 1. The smallest absolute Gasteiger partial charge is 0.251 e. The predicted octanol–water partition coefficient (Wildman–Crippen LogP) is 1.17. The van der Waals surface area contributed by atoms with Crippen LogP contribution in [0.5, 0.6) is 0 Å². The molecule has 0 aliphatic carbocycles. The maximum absolute atomic E-state index is 12.1. The van der Waals surface area contributed by atoms with Crippen molar-refractivity contribution in [1.29, 1.82) is 0 Å². The lowest BCUT2D eigenvalue weighted by Gasteiger charge is -2.34. The first-order valence-electron chi connectivity index (χ1n) is 6.41. The number of hydrogen-bond donors (Lipinski definition) is 1. The van der Waals surface area contributed by atoms with Crippen molar-refractivity contribution in [3.8, 4) is 0 Å². The van der Waals surface area contributed by atoms with Gasteiger partial charge in [0.1, 0.15) is 6.10 Å². The average Bonchev–Trinajstić information content (AvgIpc) is 2.82. The number of carbonyl (C=O) groups is 1. The molecule has 4 nitrogen and oxygen atoms in total. The Balaban J connectivity index is 0.00000144. The molecule has 2 unspecified atom stereocenters. The van der Waals surface area contributed by atoms with Gasteiger partial charge in [0.15, 0.2) is 0 Å². The zero-order valence-corrected chi connectivity index (χ0v) is 11.1. The molecule has 0 aromatic rings. The molecule has 5 heteroatoms. The highest BCUT2D eigenvalue weighted by atomic mass is 35.5. The number of carbonyl (C=O) groups excluding carboxylic acids is 1. The minimum Gasteiger partial charge on any atom is -0.368 e. The summed E-state index contributed by atoms with van der Waals surface area (Å²) in [6.45, 7) is 3.26. The fraction of sp³-hybridized carbons (Fsp3) is 0.917. The molecule has 2 N–H and O–H groups in total. The largest absolute Gasteiger partial charge is 0.368 e. The number of ether oxygens (including phenoxy) is 1. The van der Waals surface area contributed by atoms with Gasteiger partial charge in [-0.3, -0.25) is 4.79 Å². The van der Waals surface area contributed by atoms with Crippen molar-refractivity contribution >= 4 is 18.3 Å². The minimum absolute atomic E-state index is 0. The van der Waals surface area contributed by atoms with Crippen LogP contribution in [-0.2, 0) is 9.53 Å². The predicted molar refractivity (Wildman–Crippen MR) is 69.2 cm³/mol. The Labute approximate surface area is 109 Å². The van der Waals surface area contributed by atoms with Gasteiger partial charge in [-0.05, 0) is 44.6 Å². The molecule has 1 amide bonds. The van der Waals surface area contributed by atoms with Gasteiger partial charge in [-0.2, -0.15) is 0 Å². The zero-order valence-electron chi connectivity index (χ0n) is 10.3. The second kappa shape index (κ2) is 7.19. The van der Waals surface area contributed by atoms with Crippen molar-refractivity contribution in [1.82, 2.24) is 4.90 Å². The van der Waals surface area contributed by atoms with Gasteiger partial charge in [0, 0.05) is 19.7 Å². The number of piperidine rings is 1. The monoisotopic (exact) mass is 262 g/mol. The van der Waals surface area contributed by atoms with E-state index < -0.39 is 0 Å². The number of halogens is 1. The summed E-state index contributed by atoms with van der Waals surface area (Å²) in [6.07, 6.45) is 5.13. The van der Waals surface area contributed by atoms with E-state index in [-0.39, 0.29) is 24.4 Å². The quantitative estimate of drug-likeness (QED) is 0.831. The molecule has 2 fully saturated rings. The first-order chi connectivity index (χ1) is 7.81. The Kier molecular flexibility index (Phi) is 6.23. The molecule has 0 aromatic heterocycles. The van der Waals surface area contributed by atoms with Crippen LogP contribution >= 0.6 is 12.4 Å². The Hall–Kier alpha value is -0.320. The summed E-state index contributed by atoms with van der Waals surface area (Å²) in [6, 6.07) is 0. The molecule has 2 rings (SSSR count). The van der Waals surface area contributed by atoms with Gasteiger partial charge in [0.25, 0.3) is 5.91 Å². The van der Waals surface area contributed by atoms with Gasteiger partial charge in [-0.15, -0.1) is 12.4 Å². The van der Waals surface area contributed by atoms with Crippen molar-refractivity contribution in [3.05, 3.63) is 0 Å². The molecular weight excluding hydrogens is 240 g/mol. The van der Waals surface area contributed by atoms with Gasteiger partial charge in [-0.25, -0.2) is 0 Å². The second-order valence-corrected chi connectivity index (χ2v) is 4.87. The lowest BCUT2D eigenvalue weighted by Crippen LogP contribution is -2.45. The summed E-state index contributed by atoms with van der Waals surface area (Å²) in [7, 11) is 0. The molecular formula is C12H23ClN2O2. The van der Waals surface area contributed by atoms with Crippen LogP contribution in [0, 0.1) is 5.92 Å². The van der Waals surface area contributed by atoms with E-state index in [1.807, 2.05) is 4.90 Å². The maximum atomic E-state index is 12.1. The summed E-state index contributed by atoms with van der Waals surface area (Å²) in [5.41, 5.74) is 5.57. The fourth-order valence-corrected chi connectivity index (χ4v) is 2.71. The zero-order chi connectivity index (χ0) is 11.4. The van der Waals surface area contributed by atoms with Crippen molar-refractivity contribution in [2.75, 3.05) is 26.2 Å². The molecule has 2 aliphatic rings. The third-order valence-corrected chi connectivity index (χ3v) is 3.61. The van der Waals surface area contributed by atoms with Crippen LogP contribution < -0.4 is 5.73 Å². The van der Waals surface area contributed by atoms with Gasteiger partial charge >= 0.3 is 0 Å². The van der Waals surface area contributed by atoms with Crippen molar-refractivity contribution in [3.63, 3.8) is 0 Å². The molecule has 2 aliphatic heterocycles. The lowest BCUT2D eigenvalue weighted by atomic mass is 9.94. The summed E-state index contributed by atoms with van der Waals surface area (Å²) < 4.78 is 5.45. The third kappa shape index (κ3) is 3.83. The van der Waals surface area contributed by atoms with E-state index >= 15 is 0 Å². The van der Waals surface area contributed by atoms with Gasteiger partial charge in [0.2, 0.25) is 0 Å². The molecule has 2 atom stereocenters. The van der Waals surface area contributed by atoms with Crippen molar-refractivity contribution in [2.24, 2.45) is 11.7 Å². The molecule has 0 aromatic carbocycles. The number of hydrogen-bond acceptors (Lipinski definition) is 3. The summed E-state index contributed by atoms with van der Waals surface area (Å²) >= 11 is 0. The first-order valence-corrected chi connectivity index (χ1v) is 6.41. The van der Waals surface area contributed by atoms with E-state index in [1.54, 1.807) is 0 Å². The van der Waals surface area contributed by atoms with Crippen LogP contribution in [0.2, 0.25) is 0 Å². The second-order valence-electron chi connectivity index (χ2n) is 4.87. The molecule has 0 radical (unpaired) electrons. The minimum atomic E-state index is -0.156. The van der Waals surface area contributed by atoms with Gasteiger partial charge in [0.05, 0.1) is 0 Å². The standard InChI is InChI=1S/C12H22N2O2.ClH/c13-6-5-10-3-1-7-14(9-10)12(15)11-4-2-8-16-11;/h10-11H,1-9,13H2;1H. The van der Waals surface area contributed by atoms with E-state index in [2.05, 4.69) is 0 Å². The van der Waals surface area contributed by atoms with E-state index in [0.717, 1.165) is 51.9 Å². The molecule has 100 valence electrons. The van der Waals surface area contributed by atoms with E-state index in [4.69, 9.17) is 10.5 Å². The molecule has 2 saturated heterocycles. The normalized spacial score (nSPS) is 28.9. The van der Waals surface area contributed by atoms with Crippen LogP contribution in [0.25, 0.3) is 0 Å². The van der Waals surface area contributed by atoms with Crippen LogP contribution in [0.1, 0.15) is 32.1 Å². The molecule has 0 bridgehead atoms. The van der Waals surface area contributed by atoms with Crippen LogP contribution in [-0.4, -0.2) is 43.2 Å². The SMILES string of the molecule is Cl.NCCC1CCCN(C(=O)C2CCCO2)C1.